The highest BCUT2D eigenvalue weighted by atomic mass is 35.5. The Kier molecular flexibility index (Phi) is 6.53. The number of ether oxygens (including phenoxy) is 2. The van der Waals surface area contributed by atoms with E-state index in [1.165, 1.54) is 6.08 Å². The van der Waals surface area contributed by atoms with Gasteiger partial charge in [0.15, 0.2) is 11.5 Å². The van der Waals surface area contributed by atoms with Crippen LogP contribution in [0.25, 0.3) is 6.08 Å². The van der Waals surface area contributed by atoms with Gasteiger partial charge < -0.3 is 14.8 Å². The summed E-state index contributed by atoms with van der Waals surface area (Å²) in [7, 11) is 3.14. The maximum Gasteiger partial charge on any atom is 0.244 e. The summed E-state index contributed by atoms with van der Waals surface area (Å²) in [6.07, 6.45) is 3.04. The zero-order chi connectivity index (χ0) is 17.5. The third kappa shape index (κ3) is 4.66. The van der Waals surface area contributed by atoms with Crippen molar-refractivity contribution in [1.82, 2.24) is 5.32 Å². The van der Waals surface area contributed by atoms with Gasteiger partial charge >= 0.3 is 0 Å². The fourth-order valence-corrected chi connectivity index (χ4v) is 2.42. The van der Waals surface area contributed by atoms with Gasteiger partial charge in [-0.25, -0.2) is 0 Å². The predicted octanol–water partition coefficient (Wildman–Crippen LogP) is 4.34. The van der Waals surface area contributed by atoms with Gasteiger partial charge in [-0.15, -0.1) is 0 Å². The molecule has 6 heteroatoms. The lowest BCUT2D eigenvalue weighted by Gasteiger charge is -2.09. The molecule has 0 heterocycles. The Bertz CT molecular complexity index is 760. The van der Waals surface area contributed by atoms with Crippen LogP contribution in [0.5, 0.6) is 11.5 Å². The molecule has 1 N–H and O–H groups in total. The summed E-state index contributed by atoms with van der Waals surface area (Å²) in [6, 6.07) is 10.7. The van der Waals surface area contributed by atoms with Gasteiger partial charge in [-0.2, -0.15) is 0 Å². The Morgan fingerprint density at radius 2 is 1.88 bits per heavy atom. The summed E-state index contributed by atoms with van der Waals surface area (Å²) < 4.78 is 10.4. The lowest BCUT2D eigenvalue weighted by Crippen LogP contribution is -2.20. The molecular formula is C18H17Cl2NO3. The van der Waals surface area contributed by atoms with Crippen LogP contribution in [0.3, 0.4) is 0 Å². The second-order valence-corrected chi connectivity index (χ2v) is 5.67. The highest BCUT2D eigenvalue weighted by Crippen LogP contribution is 2.28. The summed E-state index contributed by atoms with van der Waals surface area (Å²) in [5, 5.41) is 3.66. The zero-order valence-electron chi connectivity index (χ0n) is 13.3. The predicted molar refractivity (Wildman–Crippen MR) is 96.9 cm³/mol. The smallest absolute Gasteiger partial charge is 0.244 e. The Balaban J connectivity index is 1.98. The molecule has 0 saturated carbocycles. The molecule has 2 rings (SSSR count). The summed E-state index contributed by atoms with van der Waals surface area (Å²) in [6.45, 7) is 0.368. The number of benzene rings is 2. The number of rotatable bonds is 6. The van der Waals surface area contributed by atoms with Gasteiger partial charge in [-0.3, -0.25) is 4.79 Å². The minimum atomic E-state index is -0.235. The Morgan fingerprint density at radius 3 is 2.58 bits per heavy atom. The lowest BCUT2D eigenvalue weighted by atomic mass is 10.2. The van der Waals surface area contributed by atoms with Crippen LogP contribution in [0.15, 0.2) is 42.5 Å². The quantitative estimate of drug-likeness (QED) is 0.774. The molecule has 0 aromatic heterocycles. The molecule has 0 aliphatic heterocycles. The average molecular weight is 366 g/mol. The number of hydrogen-bond donors (Lipinski definition) is 1. The Labute approximate surface area is 151 Å². The van der Waals surface area contributed by atoms with Crippen LogP contribution in [-0.2, 0) is 11.3 Å². The number of amides is 1. The lowest BCUT2D eigenvalue weighted by molar-refractivity contribution is -0.116. The molecule has 0 atom stereocenters. The Morgan fingerprint density at radius 1 is 1.12 bits per heavy atom. The zero-order valence-corrected chi connectivity index (χ0v) is 14.8. The molecule has 2 aromatic carbocycles. The van der Waals surface area contributed by atoms with Crippen molar-refractivity contribution < 1.29 is 14.3 Å². The van der Waals surface area contributed by atoms with Crippen molar-refractivity contribution in [1.29, 1.82) is 0 Å². The maximum atomic E-state index is 11.9. The third-order valence-electron chi connectivity index (χ3n) is 3.31. The summed E-state index contributed by atoms with van der Waals surface area (Å²) in [4.78, 5) is 11.9. The van der Waals surface area contributed by atoms with E-state index in [1.54, 1.807) is 44.6 Å². The van der Waals surface area contributed by atoms with Crippen molar-refractivity contribution in [2.75, 3.05) is 14.2 Å². The van der Waals surface area contributed by atoms with Crippen LogP contribution in [0, 0.1) is 0 Å². The van der Waals surface area contributed by atoms with Crippen LogP contribution < -0.4 is 14.8 Å². The van der Waals surface area contributed by atoms with Crippen molar-refractivity contribution in [3.05, 3.63) is 63.6 Å². The van der Waals surface area contributed by atoms with E-state index in [9.17, 15) is 4.79 Å². The van der Waals surface area contributed by atoms with Crippen molar-refractivity contribution >= 4 is 35.2 Å². The van der Waals surface area contributed by atoms with E-state index in [1.807, 2.05) is 12.1 Å². The molecule has 0 radical (unpaired) electrons. The number of halogens is 2. The first kappa shape index (κ1) is 18.2. The topological polar surface area (TPSA) is 47.6 Å². The van der Waals surface area contributed by atoms with Crippen molar-refractivity contribution in [3.8, 4) is 11.5 Å². The maximum absolute atomic E-state index is 11.9. The van der Waals surface area contributed by atoms with E-state index in [-0.39, 0.29) is 5.91 Å². The monoisotopic (exact) mass is 365 g/mol. The fourth-order valence-electron chi connectivity index (χ4n) is 2.05. The van der Waals surface area contributed by atoms with Crippen LogP contribution in [0.1, 0.15) is 11.1 Å². The van der Waals surface area contributed by atoms with E-state index in [0.717, 1.165) is 5.56 Å². The summed E-state index contributed by atoms with van der Waals surface area (Å²) >= 11 is 12.0. The van der Waals surface area contributed by atoms with Crippen molar-refractivity contribution in [2.45, 2.75) is 6.54 Å². The summed E-state index contributed by atoms with van der Waals surface area (Å²) in [5.74, 6) is 1.02. The number of nitrogens with one attached hydrogen (secondary N) is 1. The summed E-state index contributed by atoms with van der Waals surface area (Å²) in [5.41, 5.74) is 1.58. The molecular weight excluding hydrogens is 349 g/mol. The van der Waals surface area contributed by atoms with Crippen LogP contribution in [0.2, 0.25) is 10.0 Å². The molecule has 4 nitrogen and oxygen atoms in total. The van der Waals surface area contributed by atoms with E-state index in [2.05, 4.69) is 5.32 Å². The molecule has 2 aromatic rings. The van der Waals surface area contributed by atoms with E-state index >= 15 is 0 Å². The highest BCUT2D eigenvalue weighted by molar-refractivity contribution is 6.42. The van der Waals surface area contributed by atoms with Gasteiger partial charge in [-0.05, 0) is 35.4 Å². The van der Waals surface area contributed by atoms with E-state index in [0.29, 0.717) is 33.7 Å². The van der Waals surface area contributed by atoms with Gasteiger partial charge in [0.1, 0.15) is 0 Å². The average Bonchev–Trinajstić information content (AvgIpc) is 2.60. The molecule has 24 heavy (non-hydrogen) atoms. The second kappa shape index (κ2) is 8.62. The molecule has 0 fully saturated rings. The van der Waals surface area contributed by atoms with Crippen molar-refractivity contribution in [3.63, 3.8) is 0 Å². The molecule has 0 bridgehead atoms. The molecule has 126 valence electrons. The third-order valence-corrected chi connectivity index (χ3v) is 4.14. The molecule has 1 amide bonds. The normalized spacial score (nSPS) is 10.7. The Hall–Kier alpha value is -2.17. The van der Waals surface area contributed by atoms with Crippen molar-refractivity contribution in [2.24, 2.45) is 0 Å². The van der Waals surface area contributed by atoms with Gasteiger partial charge in [0, 0.05) is 12.6 Å². The van der Waals surface area contributed by atoms with Gasteiger partial charge in [0.2, 0.25) is 5.91 Å². The van der Waals surface area contributed by atoms with Gasteiger partial charge in [0.05, 0.1) is 24.3 Å². The number of hydrogen-bond acceptors (Lipinski definition) is 3. The molecule has 0 aliphatic carbocycles. The van der Waals surface area contributed by atoms with Crippen LogP contribution in [-0.4, -0.2) is 20.1 Å². The minimum absolute atomic E-state index is 0.235. The number of carbonyl (C=O) groups is 1. The first-order valence-corrected chi connectivity index (χ1v) is 7.91. The molecule has 0 aliphatic rings. The van der Waals surface area contributed by atoms with Gasteiger partial charge in [-0.1, -0.05) is 41.4 Å². The SMILES string of the molecule is COc1ccc(CNC(=O)/C=C/c2cccc(Cl)c2Cl)cc1OC. The largest absolute Gasteiger partial charge is 0.493 e. The second-order valence-electron chi connectivity index (χ2n) is 4.88. The first-order valence-electron chi connectivity index (χ1n) is 7.16. The molecule has 0 unspecified atom stereocenters. The van der Waals surface area contributed by atoms with Crippen LogP contribution >= 0.6 is 23.2 Å². The van der Waals surface area contributed by atoms with E-state index in [4.69, 9.17) is 32.7 Å². The standard InChI is InChI=1S/C18H17Cl2NO3/c1-23-15-8-6-12(10-16(15)24-2)11-21-17(22)9-7-13-4-3-5-14(19)18(13)20/h3-10H,11H2,1-2H3,(H,21,22)/b9-7+. The van der Waals surface area contributed by atoms with Gasteiger partial charge in [0.25, 0.3) is 0 Å². The number of carbonyl (C=O) groups excluding carboxylic acids is 1. The highest BCUT2D eigenvalue weighted by Gasteiger charge is 2.06. The van der Waals surface area contributed by atoms with Crippen LogP contribution in [0.4, 0.5) is 0 Å². The fraction of sp³-hybridized carbons (Fsp3) is 0.167. The first-order chi connectivity index (χ1) is 11.5. The van der Waals surface area contributed by atoms with E-state index < -0.39 is 0 Å². The minimum Gasteiger partial charge on any atom is -0.493 e. The molecule has 0 spiro atoms. The molecule has 0 saturated heterocycles. The number of methoxy groups -OCH3 is 2.